The maximum atomic E-state index is 13.4. The van der Waals surface area contributed by atoms with Gasteiger partial charge in [-0.3, -0.25) is 9.69 Å². The third-order valence-electron chi connectivity index (χ3n) is 4.36. The first kappa shape index (κ1) is 19.5. The fourth-order valence-corrected chi connectivity index (χ4v) is 4.37. The minimum absolute atomic E-state index is 0.0778. The second-order valence-electron chi connectivity index (χ2n) is 6.46. The Hall–Kier alpha value is -2.30. The molecule has 0 spiro atoms. The number of aryl methyl sites for hydroxylation is 2. The summed E-state index contributed by atoms with van der Waals surface area (Å²) < 4.78 is 45.1. The van der Waals surface area contributed by atoms with Crippen LogP contribution in [0.15, 0.2) is 33.7 Å². The minimum atomic E-state index is -3.68. The number of benzene rings is 1. The summed E-state index contributed by atoms with van der Waals surface area (Å²) in [5.41, 5.74) is 0.287. The molecule has 1 fully saturated rings. The number of aromatic nitrogens is 1. The topological polar surface area (TPSA) is 95.8 Å². The van der Waals surface area contributed by atoms with Crippen molar-refractivity contribution in [2.75, 3.05) is 38.0 Å². The SMILES string of the molecule is Cc1cc(NC(=O)CN2CCN(S(=O)(=O)c3ccc(F)c(C)c3)CC2)no1. The number of carbonyl (C=O) groups excluding carboxylic acids is 1. The number of amides is 1. The van der Waals surface area contributed by atoms with Gasteiger partial charge in [-0.25, -0.2) is 12.8 Å². The highest BCUT2D eigenvalue weighted by atomic mass is 32.2. The Bertz CT molecular complexity index is 936. The van der Waals surface area contributed by atoms with Crippen LogP contribution in [0.2, 0.25) is 0 Å². The Labute approximate surface area is 157 Å². The van der Waals surface area contributed by atoms with Crippen LogP contribution in [0.4, 0.5) is 10.2 Å². The largest absolute Gasteiger partial charge is 0.360 e. The summed E-state index contributed by atoms with van der Waals surface area (Å²) in [5, 5.41) is 6.34. The van der Waals surface area contributed by atoms with Crippen molar-refractivity contribution in [2.45, 2.75) is 18.7 Å². The highest BCUT2D eigenvalue weighted by Crippen LogP contribution is 2.20. The number of carbonyl (C=O) groups is 1. The number of halogens is 1. The van der Waals surface area contributed by atoms with E-state index in [2.05, 4.69) is 10.5 Å². The van der Waals surface area contributed by atoms with E-state index >= 15 is 0 Å². The average molecular weight is 396 g/mol. The molecule has 8 nitrogen and oxygen atoms in total. The van der Waals surface area contributed by atoms with Crippen molar-refractivity contribution in [3.05, 3.63) is 41.4 Å². The molecule has 27 heavy (non-hydrogen) atoms. The summed E-state index contributed by atoms with van der Waals surface area (Å²) in [4.78, 5) is 14.0. The van der Waals surface area contributed by atoms with Gasteiger partial charge in [0.1, 0.15) is 11.6 Å². The Morgan fingerprint density at radius 1 is 1.22 bits per heavy atom. The van der Waals surface area contributed by atoms with E-state index in [1.807, 2.05) is 4.90 Å². The van der Waals surface area contributed by atoms with Crippen LogP contribution >= 0.6 is 0 Å². The lowest BCUT2D eigenvalue weighted by molar-refractivity contribution is -0.117. The number of hydrogen-bond acceptors (Lipinski definition) is 6. The van der Waals surface area contributed by atoms with Gasteiger partial charge in [0, 0.05) is 32.2 Å². The third-order valence-corrected chi connectivity index (χ3v) is 6.26. The first-order valence-corrected chi connectivity index (χ1v) is 9.91. The predicted octanol–water partition coefficient (Wildman–Crippen LogP) is 1.38. The molecule has 0 aliphatic carbocycles. The Kier molecular flexibility index (Phi) is 5.59. The average Bonchev–Trinajstić information content (AvgIpc) is 3.02. The normalized spacial score (nSPS) is 16.4. The van der Waals surface area contributed by atoms with E-state index in [4.69, 9.17) is 4.52 Å². The molecule has 1 aliphatic heterocycles. The van der Waals surface area contributed by atoms with E-state index < -0.39 is 15.8 Å². The summed E-state index contributed by atoms with van der Waals surface area (Å²) in [7, 11) is -3.68. The van der Waals surface area contributed by atoms with Crippen LogP contribution in [0, 0.1) is 19.7 Å². The molecule has 0 atom stereocenters. The van der Waals surface area contributed by atoms with Crippen LogP contribution < -0.4 is 5.32 Å². The summed E-state index contributed by atoms with van der Waals surface area (Å²) >= 11 is 0. The molecule has 146 valence electrons. The second kappa shape index (κ2) is 7.75. The summed E-state index contributed by atoms with van der Waals surface area (Å²) in [6.45, 7) is 4.75. The molecule has 1 saturated heterocycles. The number of sulfonamides is 1. The number of anilines is 1. The number of hydrogen-bond donors (Lipinski definition) is 1. The molecule has 1 aliphatic rings. The molecule has 3 rings (SSSR count). The van der Waals surface area contributed by atoms with Crippen LogP contribution in [0.25, 0.3) is 0 Å². The molecular formula is C17H21FN4O4S. The van der Waals surface area contributed by atoms with Gasteiger partial charge in [0.05, 0.1) is 11.4 Å². The molecular weight excluding hydrogens is 375 g/mol. The molecule has 1 N–H and O–H groups in total. The van der Waals surface area contributed by atoms with Crippen molar-refractivity contribution in [1.29, 1.82) is 0 Å². The van der Waals surface area contributed by atoms with Crippen LogP contribution in [-0.2, 0) is 14.8 Å². The van der Waals surface area contributed by atoms with Gasteiger partial charge >= 0.3 is 0 Å². The van der Waals surface area contributed by atoms with Gasteiger partial charge in [-0.05, 0) is 37.6 Å². The van der Waals surface area contributed by atoms with Gasteiger partial charge in [-0.1, -0.05) is 5.16 Å². The smallest absolute Gasteiger partial charge is 0.243 e. The summed E-state index contributed by atoms with van der Waals surface area (Å²) in [6.07, 6.45) is 0. The quantitative estimate of drug-likeness (QED) is 0.820. The van der Waals surface area contributed by atoms with Gasteiger partial charge < -0.3 is 9.84 Å². The first-order chi connectivity index (χ1) is 12.8. The summed E-state index contributed by atoms with van der Waals surface area (Å²) in [5.74, 6) is 0.270. The van der Waals surface area contributed by atoms with E-state index in [0.717, 1.165) is 6.07 Å². The highest BCUT2D eigenvalue weighted by Gasteiger charge is 2.29. The standard InChI is InChI=1S/C17H21FN4O4S/c1-12-9-14(3-4-15(12)18)27(24,25)22-7-5-21(6-8-22)11-17(23)19-16-10-13(2)26-20-16/h3-4,9-10H,5-8,11H2,1-2H3,(H,19,20,23). The molecule has 2 heterocycles. The van der Waals surface area contributed by atoms with E-state index in [0.29, 0.717) is 24.7 Å². The third kappa shape index (κ3) is 4.52. The van der Waals surface area contributed by atoms with Crippen LogP contribution in [-0.4, -0.2) is 61.4 Å². The Balaban J connectivity index is 1.56. The van der Waals surface area contributed by atoms with Crippen LogP contribution in [0.5, 0.6) is 0 Å². The number of piperazine rings is 1. The van der Waals surface area contributed by atoms with E-state index in [1.54, 1.807) is 13.0 Å². The van der Waals surface area contributed by atoms with Crippen LogP contribution in [0.1, 0.15) is 11.3 Å². The van der Waals surface area contributed by atoms with Gasteiger partial charge in [-0.15, -0.1) is 0 Å². The lowest BCUT2D eigenvalue weighted by Crippen LogP contribution is -2.50. The predicted molar refractivity (Wildman–Crippen MR) is 96.2 cm³/mol. The molecule has 0 unspecified atom stereocenters. The molecule has 0 radical (unpaired) electrons. The van der Waals surface area contributed by atoms with E-state index in [-0.39, 0.29) is 36.0 Å². The van der Waals surface area contributed by atoms with Crippen molar-refractivity contribution in [2.24, 2.45) is 0 Å². The van der Waals surface area contributed by atoms with E-state index in [9.17, 15) is 17.6 Å². The second-order valence-corrected chi connectivity index (χ2v) is 8.40. The molecule has 0 bridgehead atoms. The zero-order valence-corrected chi connectivity index (χ0v) is 15.9. The highest BCUT2D eigenvalue weighted by molar-refractivity contribution is 7.89. The van der Waals surface area contributed by atoms with Crippen molar-refractivity contribution in [3.63, 3.8) is 0 Å². The maximum Gasteiger partial charge on any atom is 0.243 e. The zero-order chi connectivity index (χ0) is 19.6. The molecule has 1 aromatic carbocycles. The van der Waals surface area contributed by atoms with Gasteiger partial charge in [0.25, 0.3) is 0 Å². The van der Waals surface area contributed by atoms with Crippen molar-refractivity contribution in [1.82, 2.24) is 14.4 Å². The number of rotatable bonds is 5. The summed E-state index contributed by atoms with van der Waals surface area (Å²) in [6, 6.07) is 5.39. The number of nitrogens with zero attached hydrogens (tertiary/aromatic N) is 3. The van der Waals surface area contributed by atoms with Gasteiger partial charge in [0.15, 0.2) is 5.82 Å². The molecule has 10 heteroatoms. The van der Waals surface area contributed by atoms with Crippen molar-refractivity contribution < 1.29 is 22.1 Å². The minimum Gasteiger partial charge on any atom is -0.360 e. The molecule has 2 aromatic rings. The van der Waals surface area contributed by atoms with Gasteiger partial charge in [0.2, 0.25) is 15.9 Å². The Morgan fingerprint density at radius 3 is 2.52 bits per heavy atom. The Morgan fingerprint density at radius 2 is 1.93 bits per heavy atom. The molecule has 1 aromatic heterocycles. The fraction of sp³-hybridized carbons (Fsp3) is 0.412. The zero-order valence-electron chi connectivity index (χ0n) is 15.1. The van der Waals surface area contributed by atoms with Crippen molar-refractivity contribution >= 4 is 21.7 Å². The fourth-order valence-electron chi connectivity index (χ4n) is 2.87. The molecule has 1 amide bonds. The number of nitrogens with one attached hydrogen (secondary N) is 1. The van der Waals surface area contributed by atoms with Crippen molar-refractivity contribution in [3.8, 4) is 0 Å². The lowest BCUT2D eigenvalue weighted by atomic mass is 10.2. The van der Waals surface area contributed by atoms with Gasteiger partial charge in [-0.2, -0.15) is 4.31 Å². The lowest BCUT2D eigenvalue weighted by Gasteiger charge is -2.33. The first-order valence-electron chi connectivity index (χ1n) is 8.47. The molecule has 0 saturated carbocycles. The van der Waals surface area contributed by atoms with Crippen LogP contribution in [0.3, 0.4) is 0 Å². The monoisotopic (exact) mass is 396 g/mol. The van der Waals surface area contributed by atoms with E-state index in [1.165, 1.54) is 23.4 Å². The maximum absolute atomic E-state index is 13.4.